The first-order valence-corrected chi connectivity index (χ1v) is 8.01. The average molecular weight is 331 g/mol. The minimum atomic E-state index is -0.258. The van der Waals surface area contributed by atoms with Gasteiger partial charge in [0.15, 0.2) is 17.7 Å². The van der Waals surface area contributed by atoms with E-state index in [1.165, 1.54) is 22.6 Å². The molecular formula is C18H20FN2O3+. The summed E-state index contributed by atoms with van der Waals surface area (Å²) in [7, 11) is 3.75. The monoisotopic (exact) mass is 331 g/mol. The van der Waals surface area contributed by atoms with Crippen molar-refractivity contribution in [1.82, 2.24) is 0 Å². The van der Waals surface area contributed by atoms with E-state index in [-0.39, 0.29) is 18.8 Å². The molecular weight excluding hydrogens is 311 g/mol. The number of hydrogen-bond donors (Lipinski definition) is 2. The fraction of sp³-hybridized carbons (Fsp3) is 0.333. The molecule has 4 rings (SSSR count). The number of fused-ring (bicyclic) bond motifs is 2. The topological polar surface area (TPSA) is 44.2 Å². The van der Waals surface area contributed by atoms with Gasteiger partial charge in [-0.15, -0.1) is 0 Å². The highest BCUT2D eigenvalue weighted by Crippen LogP contribution is 2.47. The van der Waals surface area contributed by atoms with Gasteiger partial charge in [0.2, 0.25) is 12.5 Å². The minimum Gasteiger partial charge on any atom is -0.492 e. The quantitative estimate of drug-likeness (QED) is 0.899. The van der Waals surface area contributed by atoms with Gasteiger partial charge in [-0.1, -0.05) is 6.07 Å². The second-order valence-electron chi connectivity index (χ2n) is 6.15. The first kappa shape index (κ1) is 15.1. The lowest BCUT2D eigenvalue weighted by molar-refractivity contribution is -0.910. The Bertz CT molecular complexity index is 781. The standard InChI is InChI=1S/C18H19FN2O3/c1-21-7-6-11-8-14-16(24-10-23-14)17(22-2)15(11)18(21)20-13-5-3-4-12(19)9-13/h3-5,8-9,18,20H,6-7,10H2,1-2H3/p+1/t18-/m0/s1. The van der Waals surface area contributed by atoms with E-state index in [0.717, 1.165) is 30.0 Å². The molecule has 5 nitrogen and oxygen atoms in total. The second kappa shape index (κ2) is 5.87. The Hall–Kier alpha value is -2.47. The Morgan fingerprint density at radius 3 is 2.96 bits per heavy atom. The molecule has 2 heterocycles. The van der Waals surface area contributed by atoms with Gasteiger partial charge < -0.3 is 24.4 Å². The molecule has 0 saturated heterocycles. The molecule has 0 radical (unpaired) electrons. The molecule has 0 aliphatic carbocycles. The van der Waals surface area contributed by atoms with Gasteiger partial charge in [0.05, 0.1) is 26.3 Å². The Kier molecular flexibility index (Phi) is 3.69. The smallest absolute Gasteiger partial charge is 0.231 e. The van der Waals surface area contributed by atoms with E-state index >= 15 is 0 Å². The molecule has 0 spiro atoms. The van der Waals surface area contributed by atoms with Crippen LogP contribution in [-0.2, 0) is 6.42 Å². The average Bonchev–Trinajstić information content (AvgIpc) is 3.04. The maximum Gasteiger partial charge on any atom is 0.231 e. The van der Waals surface area contributed by atoms with Crippen LogP contribution in [0.2, 0.25) is 0 Å². The van der Waals surface area contributed by atoms with Crippen molar-refractivity contribution in [3.8, 4) is 17.2 Å². The van der Waals surface area contributed by atoms with Crippen molar-refractivity contribution in [2.75, 3.05) is 32.8 Å². The molecule has 0 amide bonds. The molecule has 2 N–H and O–H groups in total. The zero-order chi connectivity index (χ0) is 16.7. The molecule has 0 bridgehead atoms. The van der Waals surface area contributed by atoms with Crippen LogP contribution in [0.3, 0.4) is 0 Å². The number of likely N-dealkylation sites (N-methyl/N-ethyl adjacent to an activating group) is 1. The van der Waals surface area contributed by atoms with Crippen LogP contribution in [0, 0.1) is 5.82 Å². The Morgan fingerprint density at radius 2 is 2.17 bits per heavy atom. The number of hydrogen-bond acceptors (Lipinski definition) is 4. The van der Waals surface area contributed by atoms with E-state index < -0.39 is 0 Å². The molecule has 126 valence electrons. The second-order valence-corrected chi connectivity index (χ2v) is 6.15. The van der Waals surface area contributed by atoms with E-state index in [1.807, 2.05) is 12.1 Å². The third kappa shape index (κ3) is 2.43. The van der Waals surface area contributed by atoms with Crippen LogP contribution in [0.5, 0.6) is 17.2 Å². The lowest BCUT2D eigenvalue weighted by Gasteiger charge is -2.33. The molecule has 6 heteroatoms. The summed E-state index contributed by atoms with van der Waals surface area (Å²) in [4.78, 5) is 1.28. The number of halogens is 1. The van der Waals surface area contributed by atoms with Gasteiger partial charge in [0.25, 0.3) is 0 Å². The van der Waals surface area contributed by atoms with E-state index in [1.54, 1.807) is 13.2 Å². The van der Waals surface area contributed by atoms with Crippen molar-refractivity contribution in [3.63, 3.8) is 0 Å². The largest absolute Gasteiger partial charge is 0.492 e. The first-order chi connectivity index (χ1) is 11.7. The van der Waals surface area contributed by atoms with Crippen molar-refractivity contribution in [2.45, 2.75) is 12.6 Å². The molecule has 2 aliphatic rings. The normalized spacial score (nSPS) is 21.3. The van der Waals surface area contributed by atoms with Crippen molar-refractivity contribution in [2.24, 2.45) is 0 Å². The Morgan fingerprint density at radius 1 is 1.29 bits per heavy atom. The molecule has 2 aliphatic heterocycles. The fourth-order valence-corrected chi connectivity index (χ4v) is 3.47. The zero-order valence-electron chi connectivity index (χ0n) is 13.7. The highest BCUT2D eigenvalue weighted by Gasteiger charge is 2.36. The third-order valence-electron chi connectivity index (χ3n) is 4.65. The van der Waals surface area contributed by atoms with Gasteiger partial charge in [-0.2, -0.15) is 0 Å². The van der Waals surface area contributed by atoms with Crippen LogP contribution in [0.15, 0.2) is 30.3 Å². The van der Waals surface area contributed by atoms with Gasteiger partial charge in [-0.25, -0.2) is 4.39 Å². The van der Waals surface area contributed by atoms with E-state index in [2.05, 4.69) is 12.4 Å². The molecule has 0 aromatic heterocycles. The third-order valence-corrected chi connectivity index (χ3v) is 4.65. The molecule has 24 heavy (non-hydrogen) atoms. The fourth-order valence-electron chi connectivity index (χ4n) is 3.47. The van der Waals surface area contributed by atoms with Crippen LogP contribution in [-0.4, -0.2) is 27.5 Å². The van der Waals surface area contributed by atoms with Crippen molar-refractivity contribution in [1.29, 1.82) is 0 Å². The van der Waals surface area contributed by atoms with Crippen molar-refractivity contribution in [3.05, 3.63) is 47.3 Å². The number of methoxy groups -OCH3 is 1. The van der Waals surface area contributed by atoms with Crippen molar-refractivity contribution < 1.29 is 23.5 Å². The first-order valence-electron chi connectivity index (χ1n) is 8.01. The van der Waals surface area contributed by atoms with Gasteiger partial charge in [0, 0.05) is 12.1 Å². The minimum absolute atomic E-state index is 0.0556. The van der Waals surface area contributed by atoms with Gasteiger partial charge in [-0.05, 0) is 29.8 Å². The summed E-state index contributed by atoms with van der Waals surface area (Å²) in [5, 5.41) is 3.44. The summed E-state index contributed by atoms with van der Waals surface area (Å²) in [5.41, 5.74) is 2.97. The van der Waals surface area contributed by atoms with E-state index in [0.29, 0.717) is 11.5 Å². The maximum absolute atomic E-state index is 13.5. The number of rotatable bonds is 3. The molecule has 0 saturated carbocycles. The van der Waals surface area contributed by atoms with Crippen LogP contribution >= 0.6 is 0 Å². The SMILES string of the molecule is COc1c2c(cc3c1[C@@H](Nc1cccc(F)c1)[NH+](C)CC3)OCO2. The number of ether oxygens (including phenoxy) is 3. The molecule has 1 unspecified atom stereocenters. The highest BCUT2D eigenvalue weighted by molar-refractivity contribution is 5.62. The summed E-state index contributed by atoms with van der Waals surface area (Å²) in [5.74, 6) is 1.82. The molecule has 2 aromatic carbocycles. The molecule has 0 fully saturated rings. The molecule has 2 aromatic rings. The summed E-state index contributed by atoms with van der Waals surface area (Å²) in [6, 6.07) is 8.54. The lowest BCUT2D eigenvalue weighted by Crippen LogP contribution is -3.11. The molecule has 2 atom stereocenters. The summed E-state index contributed by atoms with van der Waals surface area (Å²) in [6.45, 7) is 1.17. The zero-order valence-corrected chi connectivity index (χ0v) is 13.7. The highest BCUT2D eigenvalue weighted by atomic mass is 19.1. The summed E-state index contributed by atoms with van der Waals surface area (Å²) >= 11 is 0. The Labute approximate surface area is 139 Å². The van der Waals surface area contributed by atoms with E-state index in [4.69, 9.17) is 14.2 Å². The van der Waals surface area contributed by atoms with Crippen LogP contribution in [0.1, 0.15) is 17.3 Å². The Balaban J connectivity index is 1.79. The van der Waals surface area contributed by atoms with Crippen molar-refractivity contribution >= 4 is 5.69 Å². The predicted octanol–water partition coefficient (Wildman–Crippen LogP) is 1.74. The predicted molar refractivity (Wildman–Crippen MR) is 87.3 cm³/mol. The van der Waals surface area contributed by atoms with Gasteiger partial charge >= 0.3 is 0 Å². The number of nitrogens with one attached hydrogen (secondary N) is 2. The van der Waals surface area contributed by atoms with Crippen LogP contribution < -0.4 is 24.4 Å². The number of anilines is 1. The lowest BCUT2D eigenvalue weighted by atomic mass is 9.94. The number of quaternary nitrogens is 1. The number of benzene rings is 2. The van der Waals surface area contributed by atoms with E-state index in [9.17, 15) is 4.39 Å². The van der Waals surface area contributed by atoms with Crippen LogP contribution in [0.4, 0.5) is 10.1 Å². The summed E-state index contributed by atoms with van der Waals surface area (Å²) < 4.78 is 30.3. The maximum atomic E-state index is 13.5. The summed E-state index contributed by atoms with van der Waals surface area (Å²) in [6.07, 6.45) is 0.871. The van der Waals surface area contributed by atoms with Crippen LogP contribution in [0.25, 0.3) is 0 Å². The van der Waals surface area contributed by atoms with Gasteiger partial charge in [0.1, 0.15) is 5.82 Å². The van der Waals surface area contributed by atoms with Gasteiger partial charge in [-0.3, -0.25) is 0 Å².